The molecule has 0 bridgehead atoms. The summed E-state index contributed by atoms with van der Waals surface area (Å²) in [5.41, 5.74) is 1.58. The highest BCUT2D eigenvalue weighted by Gasteiger charge is 2.18. The van der Waals surface area contributed by atoms with Gasteiger partial charge in [0.2, 0.25) is 0 Å². The van der Waals surface area contributed by atoms with Gasteiger partial charge in [0.05, 0.1) is 5.92 Å². The van der Waals surface area contributed by atoms with Crippen LogP contribution in [0.4, 0.5) is 0 Å². The Kier molecular flexibility index (Phi) is 7.46. The van der Waals surface area contributed by atoms with Gasteiger partial charge in [0.25, 0.3) is 5.91 Å². The molecule has 0 radical (unpaired) electrons. The summed E-state index contributed by atoms with van der Waals surface area (Å²) in [6.07, 6.45) is 2.11. The molecule has 1 unspecified atom stereocenters. The molecule has 3 N–H and O–H groups in total. The molecule has 0 saturated heterocycles. The Balaban J connectivity index is 2.68. The van der Waals surface area contributed by atoms with Crippen molar-refractivity contribution >= 4 is 11.9 Å². The number of carbonyl (C=O) groups excluding carboxylic acids is 1. The lowest BCUT2D eigenvalue weighted by molar-refractivity contribution is -0.141. The zero-order chi connectivity index (χ0) is 15.7. The van der Waals surface area contributed by atoms with Crippen molar-refractivity contribution in [2.45, 2.75) is 26.2 Å². The first kappa shape index (κ1) is 17.2. The van der Waals surface area contributed by atoms with Crippen molar-refractivity contribution in [1.29, 1.82) is 0 Å². The van der Waals surface area contributed by atoms with Gasteiger partial charge in [-0.05, 0) is 38.1 Å². The van der Waals surface area contributed by atoms with E-state index in [9.17, 15) is 9.59 Å². The van der Waals surface area contributed by atoms with Gasteiger partial charge < -0.3 is 15.7 Å². The van der Waals surface area contributed by atoms with Crippen molar-refractivity contribution in [2.24, 2.45) is 5.92 Å². The monoisotopic (exact) mass is 292 g/mol. The van der Waals surface area contributed by atoms with Crippen molar-refractivity contribution in [3.8, 4) is 0 Å². The summed E-state index contributed by atoms with van der Waals surface area (Å²) >= 11 is 0. The highest BCUT2D eigenvalue weighted by molar-refractivity contribution is 5.95. The maximum Gasteiger partial charge on any atom is 0.308 e. The minimum absolute atomic E-state index is 0.169. The average molecular weight is 292 g/mol. The molecular weight excluding hydrogens is 268 g/mol. The number of aliphatic carboxylic acids is 1. The zero-order valence-corrected chi connectivity index (χ0v) is 12.7. The normalized spacial score (nSPS) is 11.9. The molecule has 0 aromatic heterocycles. The molecule has 0 saturated carbocycles. The Morgan fingerprint density at radius 3 is 2.62 bits per heavy atom. The summed E-state index contributed by atoms with van der Waals surface area (Å²) in [6.45, 7) is 2.89. The van der Waals surface area contributed by atoms with Gasteiger partial charge in [-0.2, -0.15) is 0 Å². The fourth-order valence-electron chi connectivity index (χ4n) is 2.19. The van der Waals surface area contributed by atoms with E-state index in [0.29, 0.717) is 12.0 Å². The fraction of sp³-hybridized carbons (Fsp3) is 0.500. The summed E-state index contributed by atoms with van der Waals surface area (Å²) in [5, 5.41) is 14.9. The van der Waals surface area contributed by atoms with Crippen LogP contribution < -0.4 is 10.6 Å². The number of hydrogen-bond donors (Lipinski definition) is 3. The lowest BCUT2D eigenvalue weighted by atomic mass is 10.0. The summed E-state index contributed by atoms with van der Waals surface area (Å²) < 4.78 is 0. The van der Waals surface area contributed by atoms with Crippen LogP contribution in [0.3, 0.4) is 0 Å². The molecule has 0 fully saturated rings. The second-order valence-electron chi connectivity index (χ2n) is 5.04. The maximum atomic E-state index is 12.2. The number of rotatable bonds is 9. The molecule has 1 amide bonds. The van der Waals surface area contributed by atoms with Crippen LogP contribution in [0.2, 0.25) is 0 Å². The summed E-state index contributed by atoms with van der Waals surface area (Å²) in [4.78, 5) is 23.3. The number of likely N-dealkylation sites (N-methyl/N-ethyl adjacent to an activating group) is 1. The molecule has 0 aliphatic heterocycles. The lowest BCUT2D eigenvalue weighted by Gasteiger charge is -2.14. The molecule has 116 valence electrons. The van der Waals surface area contributed by atoms with Gasteiger partial charge in [0.1, 0.15) is 0 Å². The van der Waals surface area contributed by atoms with Crippen molar-refractivity contribution in [3.63, 3.8) is 0 Å². The van der Waals surface area contributed by atoms with Crippen LogP contribution in [0.25, 0.3) is 0 Å². The van der Waals surface area contributed by atoms with Crippen molar-refractivity contribution < 1.29 is 14.7 Å². The molecule has 1 aromatic carbocycles. The second kappa shape index (κ2) is 9.13. The third-order valence-electron chi connectivity index (χ3n) is 3.40. The van der Waals surface area contributed by atoms with E-state index >= 15 is 0 Å². The van der Waals surface area contributed by atoms with Crippen LogP contribution in [-0.4, -0.2) is 37.1 Å². The van der Waals surface area contributed by atoms with E-state index < -0.39 is 11.9 Å². The van der Waals surface area contributed by atoms with E-state index in [-0.39, 0.29) is 12.5 Å². The van der Waals surface area contributed by atoms with Gasteiger partial charge in [-0.15, -0.1) is 0 Å². The quantitative estimate of drug-likeness (QED) is 0.647. The van der Waals surface area contributed by atoms with Crippen molar-refractivity contribution in [2.75, 3.05) is 20.1 Å². The molecule has 1 aromatic rings. The van der Waals surface area contributed by atoms with Crippen LogP contribution in [-0.2, 0) is 11.2 Å². The van der Waals surface area contributed by atoms with Crippen LogP contribution in [0.1, 0.15) is 35.7 Å². The van der Waals surface area contributed by atoms with Crippen LogP contribution in [0, 0.1) is 5.92 Å². The molecule has 5 heteroatoms. The largest absolute Gasteiger partial charge is 0.481 e. The van der Waals surface area contributed by atoms with Gasteiger partial charge in [-0.1, -0.05) is 31.5 Å². The van der Waals surface area contributed by atoms with Crippen LogP contribution in [0.5, 0.6) is 0 Å². The Morgan fingerprint density at radius 1 is 1.29 bits per heavy atom. The van der Waals surface area contributed by atoms with Gasteiger partial charge >= 0.3 is 5.97 Å². The lowest BCUT2D eigenvalue weighted by Crippen LogP contribution is -2.33. The number of amides is 1. The van der Waals surface area contributed by atoms with Crippen molar-refractivity contribution in [1.82, 2.24) is 10.6 Å². The predicted molar refractivity (Wildman–Crippen MR) is 82.4 cm³/mol. The predicted octanol–water partition coefficient (Wildman–Crippen LogP) is 1.68. The zero-order valence-electron chi connectivity index (χ0n) is 12.7. The average Bonchev–Trinajstić information content (AvgIpc) is 2.49. The van der Waals surface area contributed by atoms with Gasteiger partial charge in [-0.25, -0.2) is 0 Å². The summed E-state index contributed by atoms with van der Waals surface area (Å²) in [6, 6.07) is 7.42. The van der Waals surface area contributed by atoms with E-state index in [0.717, 1.165) is 24.9 Å². The molecule has 5 nitrogen and oxygen atoms in total. The smallest absolute Gasteiger partial charge is 0.308 e. The number of benzene rings is 1. The van der Waals surface area contributed by atoms with E-state index in [1.807, 2.05) is 32.2 Å². The summed E-state index contributed by atoms with van der Waals surface area (Å²) in [7, 11) is 1.87. The van der Waals surface area contributed by atoms with Crippen LogP contribution >= 0.6 is 0 Å². The van der Waals surface area contributed by atoms with Gasteiger partial charge in [0, 0.05) is 12.1 Å². The Hall–Kier alpha value is -1.88. The number of hydrogen-bond acceptors (Lipinski definition) is 3. The number of carboxylic acids is 1. The number of carbonyl (C=O) groups is 2. The van der Waals surface area contributed by atoms with E-state index in [1.165, 1.54) is 0 Å². The van der Waals surface area contributed by atoms with Gasteiger partial charge in [-0.3, -0.25) is 9.59 Å². The minimum Gasteiger partial charge on any atom is -0.481 e. The summed E-state index contributed by atoms with van der Waals surface area (Å²) in [5.74, 6) is -1.59. The Morgan fingerprint density at radius 2 is 2.00 bits per heavy atom. The topological polar surface area (TPSA) is 78.4 Å². The first-order chi connectivity index (χ1) is 10.1. The molecule has 1 atom stereocenters. The second-order valence-corrected chi connectivity index (χ2v) is 5.04. The Labute approximate surface area is 125 Å². The third kappa shape index (κ3) is 5.55. The number of nitrogens with one attached hydrogen (secondary N) is 2. The van der Waals surface area contributed by atoms with E-state index in [4.69, 9.17) is 5.11 Å². The molecule has 0 aliphatic rings. The highest BCUT2D eigenvalue weighted by Crippen LogP contribution is 2.10. The molecule has 1 rings (SSSR count). The van der Waals surface area contributed by atoms with Crippen molar-refractivity contribution in [3.05, 3.63) is 35.4 Å². The van der Waals surface area contributed by atoms with E-state index in [1.54, 1.807) is 6.07 Å². The molecule has 0 aliphatic carbocycles. The maximum absolute atomic E-state index is 12.2. The molecule has 21 heavy (non-hydrogen) atoms. The SMILES string of the molecule is CCCC(CNC(=O)c1ccccc1CCNC)C(=O)O. The first-order valence-corrected chi connectivity index (χ1v) is 7.33. The molecule has 0 spiro atoms. The third-order valence-corrected chi connectivity index (χ3v) is 3.40. The fourth-order valence-corrected chi connectivity index (χ4v) is 2.19. The molecular formula is C16H24N2O3. The molecule has 0 heterocycles. The minimum atomic E-state index is -0.861. The van der Waals surface area contributed by atoms with Gasteiger partial charge in [0.15, 0.2) is 0 Å². The van der Waals surface area contributed by atoms with Crippen LogP contribution in [0.15, 0.2) is 24.3 Å². The number of carboxylic acid groups (broad SMARTS) is 1. The Bertz CT molecular complexity index is 474. The first-order valence-electron chi connectivity index (χ1n) is 7.33. The van der Waals surface area contributed by atoms with E-state index in [2.05, 4.69) is 10.6 Å². The standard InChI is InChI=1S/C16H24N2O3/c1-3-6-13(16(20)21)11-18-15(19)14-8-5-4-7-12(14)9-10-17-2/h4-5,7-8,13,17H,3,6,9-11H2,1-2H3,(H,18,19)(H,20,21). The highest BCUT2D eigenvalue weighted by atomic mass is 16.4.